The molecule has 3 aromatic carbocycles. The SMILES string of the molecule is Cc1cc(C)c(C2C(C#N)=C(N)N(c3ccc(F)cc3)C3=C2C(=O)CCC3)cc1COc1ccccc1Br. The lowest BCUT2D eigenvalue weighted by atomic mass is 9.74. The summed E-state index contributed by atoms with van der Waals surface area (Å²) in [5.74, 6) is 0.0598. The number of halogens is 2. The lowest BCUT2D eigenvalue weighted by Gasteiger charge is -2.40. The number of hydrogen-bond acceptors (Lipinski definition) is 5. The maximum Gasteiger partial charge on any atom is 0.161 e. The maximum atomic E-state index is 13.7. The Hall–Kier alpha value is -3.89. The zero-order valence-corrected chi connectivity index (χ0v) is 22.8. The van der Waals surface area contributed by atoms with E-state index in [2.05, 4.69) is 28.1 Å². The summed E-state index contributed by atoms with van der Waals surface area (Å²) in [6, 6.07) is 20.0. The number of rotatable bonds is 5. The average molecular weight is 572 g/mol. The second-order valence-corrected chi connectivity index (χ2v) is 10.5. The van der Waals surface area contributed by atoms with E-state index in [1.165, 1.54) is 12.1 Å². The summed E-state index contributed by atoms with van der Waals surface area (Å²) in [5, 5.41) is 10.3. The third-order valence-electron chi connectivity index (χ3n) is 7.25. The number of Topliss-reactive ketones (excluding diaryl/α,β-unsaturated/α-hetero) is 1. The molecule has 1 atom stereocenters. The molecular formula is C31H27BrFN3O2. The average Bonchev–Trinajstić information content (AvgIpc) is 2.89. The second-order valence-electron chi connectivity index (χ2n) is 9.65. The number of nitrogens with zero attached hydrogens (tertiary/aromatic N) is 2. The van der Waals surface area contributed by atoms with Crippen molar-refractivity contribution in [3.8, 4) is 11.8 Å². The number of anilines is 1. The van der Waals surface area contributed by atoms with Crippen molar-refractivity contribution in [2.75, 3.05) is 4.90 Å². The number of allylic oxidation sites excluding steroid dienone is 3. The van der Waals surface area contributed by atoms with E-state index in [0.717, 1.165) is 38.2 Å². The van der Waals surface area contributed by atoms with Gasteiger partial charge in [0.1, 0.15) is 24.0 Å². The van der Waals surface area contributed by atoms with Gasteiger partial charge in [-0.25, -0.2) is 4.39 Å². The van der Waals surface area contributed by atoms with Gasteiger partial charge in [0.25, 0.3) is 0 Å². The summed E-state index contributed by atoms with van der Waals surface area (Å²) in [6.45, 7) is 4.35. The van der Waals surface area contributed by atoms with Crippen LogP contribution in [0.1, 0.15) is 47.4 Å². The third kappa shape index (κ3) is 4.61. The van der Waals surface area contributed by atoms with E-state index in [-0.39, 0.29) is 17.4 Å². The van der Waals surface area contributed by atoms with E-state index >= 15 is 0 Å². The fourth-order valence-electron chi connectivity index (χ4n) is 5.38. The number of carbonyl (C=O) groups excluding carboxylic acids is 1. The van der Waals surface area contributed by atoms with Gasteiger partial charge in [0.05, 0.1) is 22.0 Å². The maximum absolute atomic E-state index is 13.7. The fourth-order valence-corrected chi connectivity index (χ4v) is 5.78. The summed E-state index contributed by atoms with van der Waals surface area (Å²) < 4.78 is 20.7. The van der Waals surface area contributed by atoms with Gasteiger partial charge in [-0.15, -0.1) is 0 Å². The van der Waals surface area contributed by atoms with Gasteiger partial charge in [0.15, 0.2) is 5.78 Å². The molecule has 1 heterocycles. The summed E-state index contributed by atoms with van der Waals surface area (Å²) in [6.07, 6.45) is 1.74. The summed E-state index contributed by atoms with van der Waals surface area (Å²) in [5.41, 5.74) is 12.8. The van der Waals surface area contributed by atoms with Crippen LogP contribution in [0.25, 0.3) is 0 Å². The first kappa shape index (κ1) is 25.7. The molecule has 0 spiro atoms. The van der Waals surface area contributed by atoms with Crippen molar-refractivity contribution in [2.45, 2.75) is 45.6 Å². The first-order valence-corrected chi connectivity index (χ1v) is 13.3. The largest absolute Gasteiger partial charge is 0.488 e. The number of ketones is 1. The lowest BCUT2D eigenvalue weighted by molar-refractivity contribution is -0.116. The molecule has 3 aromatic rings. The molecule has 0 saturated carbocycles. The monoisotopic (exact) mass is 571 g/mol. The van der Waals surface area contributed by atoms with Gasteiger partial charge >= 0.3 is 0 Å². The van der Waals surface area contributed by atoms with Gasteiger partial charge in [-0.1, -0.05) is 24.3 Å². The lowest BCUT2D eigenvalue weighted by Crippen LogP contribution is -2.39. The van der Waals surface area contributed by atoms with Crippen LogP contribution in [-0.4, -0.2) is 5.78 Å². The number of carbonyl (C=O) groups is 1. The molecule has 1 unspecified atom stereocenters. The van der Waals surface area contributed by atoms with Crippen LogP contribution < -0.4 is 15.4 Å². The van der Waals surface area contributed by atoms with Crippen LogP contribution in [0.5, 0.6) is 5.75 Å². The second kappa shape index (κ2) is 10.5. The van der Waals surface area contributed by atoms with Gasteiger partial charge < -0.3 is 10.5 Å². The van der Waals surface area contributed by atoms with E-state index in [4.69, 9.17) is 10.5 Å². The molecule has 0 saturated heterocycles. The van der Waals surface area contributed by atoms with Crippen LogP contribution in [0.2, 0.25) is 0 Å². The molecule has 0 amide bonds. The number of benzene rings is 3. The summed E-state index contributed by atoms with van der Waals surface area (Å²) in [7, 11) is 0. The molecule has 2 N–H and O–H groups in total. The van der Waals surface area contributed by atoms with Gasteiger partial charge in [0.2, 0.25) is 0 Å². The molecule has 192 valence electrons. The smallest absolute Gasteiger partial charge is 0.161 e. The van der Waals surface area contributed by atoms with Crippen molar-refractivity contribution in [1.29, 1.82) is 5.26 Å². The molecular weight excluding hydrogens is 545 g/mol. The Labute approximate surface area is 230 Å². The van der Waals surface area contributed by atoms with E-state index in [9.17, 15) is 14.4 Å². The molecule has 7 heteroatoms. The summed E-state index contributed by atoms with van der Waals surface area (Å²) >= 11 is 3.52. The topological polar surface area (TPSA) is 79.4 Å². The number of nitriles is 1. The predicted octanol–water partition coefficient (Wildman–Crippen LogP) is 7.09. The van der Waals surface area contributed by atoms with Crippen molar-refractivity contribution >= 4 is 27.4 Å². The Balaban J connectivity index is 1.63. The number of nitrogens with two attached hydrogens (primary N) is 1. The van der Waals surface area contributed by atoms with Gasteiger partial charge in [0, 0.05) is 23.4 Å². The first-order valence-electron chi connectivity index (χ1n) is 12.5. The van der Waals surface area contributed by atoms with Crippen molar-refractivity contribution in [3.63, 3.8) is 0 Å². The Kier molecular flexibility index (Phi) is 7.09. The standard InChI is InChI=1S/C31H27BrFN3O2/c1-18-14-19(2)23(15-20(18)17-38-28-9-4-3-6-25(28)32)29-24(16-34)31(35)36(22-12-10-21(33)11-13-22)26-7-5-8-27(37)30(26)29/h3-4,6,9-15,29H,5,7-8,17,35H2,1-2H3. The van der Waals surface area contributed by atoms with Crippen LogP contribution >= 0.6 is 15.9 Å². The molecule has 0 radical (unpaired) electrons. The van der Waals surface area contributed by atoms with Gasteiger partial charge in [-0.2, -0.15) is 5.26 Å². The quantitative estimate of drug-likeness (QED) is 0.353. The highest BCUT2D eigenvalue weighted by atomic mass is 79.9. The van der Waals surface area contributed by atoms with Crippen LogP contribution in [-0.2, 0) is 11.4 Å². The fraction of sp³-hybridized carbons (Fsp3) is 0.226. The molecule has 1 aliphatic carbocycles. The van der Waals surface area contributed by atoms with Gasteiger partial charge in [-0.3, -0.25) is 9.69 Å². The van der Waals surface area contributed by atoms with Crippen LogP contribution in [0.3, 0.4) is 0 Å². The third-order valence-corrected chi connectivity index (χ3v) is 7.91. The first-order chi connectivity index (χ1) is 18.3. The Morgan fingerprint density at radius 3 is 2.55 bits per heavy atom. The molecule has 5 nitrogen and oxygen atoms in total. The number of hydrogen-bond donors (Lipinski definition) is 1. The van der Waals surface area contributed by atoms with E-state index in [1.807, 2.05) is 44.2 Å². The number of para-hydroxylation sites is 1. The van der Waals surface area contributed by atoms with E-state index < -0.39 is 5.92 Å². The predicted molar refractivity (Wildman–Crippen MR) is 149 cm³/mol. The summed E-state index contributed by atoms with van der Waals surface area (Å²) in [4.78, 5) is 15.2. The molecule has 1 aliphatic heterocycles. The minimum Gasteiger partial charge on any atom is -0.488 e. The molecule has 0 bridgehead atoms. The minimum atomic E-state index is -0.581. The molecule has 5 rings (SSSR count). The van der Waals surface area contributed by atoms with Crippen LogP contribution in [0.15, 0.2) is 87.8 Å². The van der Waals surface area contributed by atoms with Crippen LogP contribution in [0.4, 0.5) is 10.1 Å². The highest BCUT2D eigenvalue weighted by Gasteiger charge is 2.41. The van der Waals surface area contributed by atoms with Crippen molar-refractivity contribution < 1.29 is 13.9 Å². The highest BCUT2D eigenvalue weighted by Crippen LogP contribution is 2.47. The number of ether oxygens (including phenoxy) is 1. The normalized spacial score (nSPS) is 17.4. The zero-order chi connectivity index (χ0) is 27.0. The van der Waals surface area contributed by atoms with Crippen LogP contribution in [0, 0.1) is 31.0 Å². The highest BCUT2D eigenvalue weighted by molar-refractivity contribution is 9.10. The zero-order valence-electron chi connectivity index (χ0n) is 21.2. The van der Waals surface area contributed by atoms with Gasteiger partial charge in [-0.05, 0) is 101 Å². The molecule has 0 aromatic heterocycles. The molecule has 2 aliphatic rings. The van der Waals surface area contributed by atoms with Crippen molar-refractivity contribution in [3.05, 3.63) is 116 Å². The Bertz CT molecular complexity index is 1540. The molecule has 38 heavy (non-hydrogen) atoms. The van der Waals surface area contributed by atoms with Crippen molar-refractivity contribution in [2.24, 2.45) is 5.73 Å². The number of aryl methyl sites for hydroxylation is 2. The van der Waals surface area contributed by atoms with E-state index in [0.29, 0.717) is 42.7 Å². The van der Waals surface area contributed by atoms with Crippen molar-refractivity contribution in [1.82, 2.24) is 0 Å². The van der Waals surface area contributed by atoms with E-state index in [1.54, 1.807) is 17.0 Å². The molecule has 0 fully saturated rings. The Morgan fingerprint density at radius 2 is 1.84 bits per heavy atom. The minimum absolute atomic E-state index is 0.00889. The Morgan fingerprint density at radius 1 is 1.11 bits per heavy atom.